The van der Waals surface area contributed by atoms with Crippen molar-refractivity contribution in [1.82, 2.24) is 0 Å². The number of ether oxygens (including phenoxy) is 2. The lowest BCUT2D eigenvalue weighted by molar-refractivity contribution is -0.167. The fourth-order valence-electron chi connectivity index (χ4n) is 1.24. The Labute approximate surface area is 107 Å². The van der Waals surface area contributed by atoms with Gasteiger partial charge in [-0.25, -0.2) is 4.79 Å². The van der Waals surface area contributed by atoms with Gasteiger partial charge in [-0.05, 0) is 39.1 Å². The van der Waals surface area contributed by atoms with Gasteiger partial charge in [0.15, 0.2) is 6.10 Å². The van der Waals surface area contributed by atoms with Crippen LogP contribution in [0.25, 0.3) is 0 Å². The zero-order valence-corrected chi connectivity index (χ0v) is 11.7. The van der Waals surface area contributed by atoms with E-state index in [1.165, 1.54) is 4.88 Å². The molecule has 1 heterocycles. The molecule has 1 aromatic heterocycles. The Morgan fingerprint density at radius 1 is 1.47 bits per heavy atom. The van der Waals surface area contributed by atoms with Gasteiger partial charge in [-0.2, -0.15) is 0 Å². The van der Waals surface area contributed by atoms with Gasteiger partial charge in [-0.3, -0.25) is 0 Å². The summed E-state index contributed by atoms with van der Waals surface area (Å²) in [6, 6.07) is 4.07. The molecule has 0 spiro atoms. The summed E-state index contributed by atoms with van der Waals surface area (Å²) >= 11 is 1.70. The summed E-state index contributed by atoms with van der Waals surface area (Å²) in [5.74, 6) is -0.302. The Kier molecular flexibility index (Phi) is 5.15. The average molecular weight is 256 g/mol. The standard InChI is InChI=1S/C13H20O3S/c1-10(12(14)16-13(2,3)4)15-8-7-11-6-5-9-17-11/h5-6,9-10H,7-8H2,1-4H3. The van der Waals surface area contributed by atoms with Gasteiger partial charge in [0.2, 0.25) is 0 Å². The minimum Gasteiger partial charge on any atom is -0.458 e. The molecule has 0 fully saturated rings. The highest BCUT2D eigenvalue weighted by Gasteiger charge is 2.21. The van der Waals surface area contributed by atoms with Crippen LogP contribution in [0.2, 0.25) is 0 Å². The summed E-state index contributed by atoms with van der Waals surface area (Å²) in [7, 11) is 0. The lowest BCUT2D eigenvalue weighted by Crippen LogP contribution is -2.32. The van der Waals surface area contributed by atoms with Crippen molar-refractivity contribution in [2.24, 2.45) is 0 Å². The maximum absolute atomic E-state index is 11.6. The molecule has 17 heavy (non-hydrogen) atoms. The Morgan fingerprint density at radius 2 is 2.18 bits per heavy atom. The smallest absolute Gasteiger partial charge is 0.335 e. The highest BCUT2D eigenvalue weighted by molar-refractivity contribution is 7.09. The molecule has 0 radical (unpaired) electrons. The topological polar surface area (TPSA) is 35.5 Å². The second kappa shape index (κ2) is 6.17. The van der Waals surface area contributed by atoms with Gasteiger partial charge in [0.1, 0.15) is 5.60 Å². The molecule has 0 aliphatic rings. The Hall–Kier alpha value is -0.870. The van der Waals surface area contributed by atoms with Crippen LogP contribution in [0.1, 0.15) is 32.6 Å². The predicted octanol–water partition coefficient (Wildman–Crippen LogP) is 3.04. The molecule has 1 rings (SSSR count). The van der Waals surface area contributed by atoms with Crippen LogP contribution in [0.3, 0.4) is 0 Å². The van der Waals surface area contributed by atoms with E-state index in [4.69, 9.17) is 9.47 Å². The highest BCUT2D eigenvalue weighted by atomic mass is 32.1. The molecule has 3 nitrogen and oxygen atoms in total. The van der Waals surface area contributed by atoms with E-state index < -0.39 is 11.7 Å². The van der Waals surface area contributed by atoms with Crippen LogP contribution in [-0.2, 0) is 20.7 Å². The van der Waals surface area contributed by atoms with Crippen LogP contribution in [0.5, 0.6) is 0 Å². The van der Waals surface area contributed by atoms with Gasteiger partial charge in [-0.15, -0.1) is 11.3 Å². The highest BCUT2D eigenvalue weighted by Crippen LogP contribution is 2.11. The maximum atomic E-state index is 11.6. The van der Waals surface area contributed by atoms with Gasteiger partial charge >= 0.3 is 5.97 Å². The van der Waals surface area contributed by atoms with Crippen LogP contribution in [-0.4, -0.2) is 24.3 Å². The number of hydrogen-bond donors (Lipinski definition) is 0. The Balaban J connectivity index is 2.25. The van der Waals surface area contributed by atoms with E-state index in [-0.39, 0.29) is 5.97 Å². The summed E-state index contributed by atoms with van der Waals surface area (Å²) in [6.45, 7) is 7.82. The molecule has 1 aromatic rings. The number of carbonyl (C=O) groups is 1. The summed E-state index contributed by atoms with van der Waals surface area (Å²) in [4.78, 5) is 12.9. The normalized spacial score (nSPS) is 13.4. The molecule has 0 bridgehead atoms. The van der Waals surface area contributed by atoms with Crippen LogP contribution in [0, 0.1) is 0 Å². The summed E-state index contributed by atoms with van der Waals surface area (Å²) in [6.07, 6.45) is 0.333. The fourth-order valence-corrected chi connectivity index (χ4v) is 1.93. The first-order valence-electron chi connectivity index (χ1n) is 5.75. The van der Waals surface area contributed by atoms with Gasteiger partial charge in [-0.1, -0.05) is 6.07 Å². The number of esters is 1. The van der Waals surface area contributed by atoms with Gasteiger partial charge in [0.25, 0.3) is 0 Å². The lowest BCUT2D eigenvalue weighted by atomic mass is 10.2. The van der Waals surface area contributed by atoms with E-state index in [0.717, 1.165) is 6.42 Å². The van der Waals surface area contributed by atoms with Crippen molar-refractivity contribution < 1.29 is 14.3 Å². The fraction of sp³-hybridized carbons (Fsp3) is 0.615. The first kappa shape index (κ1) is 14.2. The molecule has 0 aliphatic heterocycles. The minimum atomic E-state index is -0.505. The molecule has 1 atom stereocenters. The second-order valence-electron chi connectivity index (χ2n) is 4.88. The lowest BCUT2D eigenvalue weighted by Gasteiger charge is -2.22. The number of rotatable bonds is 5. The zero-order valence-electron chi connectivity index (χ0n) is 10.9. The van der Waals surface area contributed by atoms with E-state index in [9.17, 15) is 4.79 Å². The number of hydrogen-bond acceptors (Lipinski definition) is 4. The predicted molar refractivity (Wildman–Crippen MR) is 69.3 cm³/mol. The third-order valence-electron chi connectivity index (χ3n) is 2.04. The van der Waals surface area contributed by atoms with Crippen LogP contribution < -0.4 is 0 Å². The van der Waals surface area contributed by atoms with Crippen molar-refractivity contribution in [2.45, 2.75) is 45.8 Å². The largest absolute Gasteiger partial charge is 0.458 e. The molecule has 0 amide bonds. The van der Waals surface area contributed by atoms with E-state index >= 15 is 0 Å². The third kappa shape index (κ3) is 5.84. The summed E-state index contributed by atoms with van der Waals surface area (Å²) in [5, 5.41) is 2.03. The molecular formula is C13H20O3S. The molecule has 1 unspecified atom stereocenters. The third-order valence-corrected chi connectivity index (χ3v) is 2.97. The average Bonchev–Trinajstić information content (AvgIpc) is 2.67. The van der Waals surface area contributed by atoms with E-state index in [1.807, 2.05) is 32.2 Å². The first-order valence-corrected chi connectivity index (χ1v) is 6.63. The number of thiophene rings is 1. The minimum absolute atomic E-state index is 0.302. The van der Waals surface area contributed by atoms with Crippen LogP contribution in [0.15, 0.2) is 17.5 Å². The van der Waals surface area contributed by atoms with Gasteiger partial charge in [0, 0.05) is 11.3 Å². The van der Waals surface area contributed by atoms with E-state index in [2.05, 4.69) is 6.07 Å². The quantitative estimate of drug-likeness (QED) is 0.760. The summed E-state index contributed by atoms with van der Waals surface area (Å²) in [5.41, 5.74) is -0.456. The molecule has 4 heteroatoms. The van der Waals surface area contributed by atoms with Gasteiger partial charge in [0.05, 0.1) is 6.61 Å². The maximum Gasteiger partial charge on any atom is 0.335 e. The summed E-state index contributed by atoms with van der Waals surface area (Å²) < 4.78 is 10.7. The Morgan fingerprint density at radius 3 is 2.71 bits per heavy atom. The van der Waals surface area contributed by atoms with E-state index in [0.29, 0.717) is 6.61 Å². The Bertz CT molecular complexity index is 338. The zero-order chi connectivity index (χ0) is 12.9. The molecule has 0 aromatic carbocycles. The molecule has 96 valence electrons. The van der Waals surface area contributed by atoms with Crippen molar-refractivity contribution >= 4 is 17.3 Å². The van der Waals surface area contributed by atoms with E-state index in [1.54, 1.807) is 18.3 Å². The molecular weight excluding hydrogens is 236 g/mol. The SMILES string of the molecule is CC(OCCc1cccs1)C(=O)OC(C)(C)C. The van der Waals surface area contributed by atoms with Crippen molar-refractivity contribution in [1.29, 1.82) is 0 Å². The molecule has 0 N–H and O–H groups in total. The molecule has 0 aliphatic carbocycles. The first-order chi connectivity index (χ1) is 7.88. The van der Waals surface area contributed by atoms with Crippen molar-refractivity contribution in [3.8, 4) is 0 Å². The number of carbonyl (C=O) groups excluding carboxylic acids is 1. The second-order valence-corrected chi connectivity index (χ2v) is 5.91. The van der Waals surface area contributed by atoms with Gasteiger partial charge < -0.3 is 9.47 Å². The van der Waals surface area contributed by atoms with Crippen molar-refractivity contribution in [3.63, 3.8) is 0 Å². The van der Waals surface area contributed by atoms with Crippen molar-refractivity contribution in [3.05, 3.63) is 22.4 Å². The van der Waals surface area contributed by atoms with Crippen LogP contribution >= 0.6 is 11.3 Å². The van der Waals surface area contributed by atoms with Crippen LogP contribution in [0.4, 0.5) is 0 Å². The molecule has 0 saturated carbocycles. The van der Waals surface area contributed by atoms with Crippen molar-refractivity contribution in [2.75, 3.05) is 6.61 Å². The molecule has 0 saturated heterocycles. The monoisotopic (exact) mass is 256 g/mol.